The largest absolute Gasteiger partial charge is 0.379 e. The normalized spacial score (nSPS) is 11.1. The number of aromatic nitrogens is 6. The van der Waals surface area contributed by atoms with Gasteiger partial charge in [0.15, 0.2) is 0 Å². The van der Waals surface area contributed by atoms with Crippen LogP contribution in [-0.4, -0.2) is 29.1 Å². The van der Waals surface area contributed by atoms with E-state index in [-0.39, 0.29) is 0 Å². The predicted octanol–water partition coefficient (Wildman–Crippen LogP) is 2.54. The van der Waals surface area contributed by atoms with Crippen LogP contribution < -0.4 is 5.32 Å². The first-order valence-electron chi connectivity index (χ1n) is 7.70. The van der Waals surface area contributed by atoms with E-state index in [1.165, 1.54) is 6.33 Å². The van der Waals surface area contributed by atoms with Crippen LogP contribution in [0.5, 0.6) is 0 Å². The molecule has 4 aromatic rings. The van der Waals surface area contributed by atoms with E-state index in [1.54, 1.807) is 11.0 Å². The van der Waals surface area contributed by atoms with Crippen LogP contribution in [-0.2, 0) is 6.54 Å². The van der Waals surface area contributed by atoms with Gasteiger partial charge in [0.05, 0.1) is 17.9 Å². The summed E-state index contributed by atoms with van der Waals surface area (Å²) in [6.45, 7) is 4.68. The number of aryl methyl sites for hydroxylation is 2. The Balaban J connectivity index is 1.49. The molecule has 0 aliphatic heterocycles. The summed E-state index contributed by atoms with van der Waals surface area (Å²) in [5.41, 5.74) is 5.07. The minimum atomic E-state index is 0.643. The molecular formula is C17H17N7. The van der Waals surface area contributed by atoms with Crippen molar-refractivity contribution in [3.8, 4) is 5.69 Å². The Morgan fingerprint density at radius 2 is 1.92 bits per heavy atom. The third-order valence-electron chi connectivity index (χ3n) is 3.84. The maximum absolute atomic E-state index is 4.57. The molecule has 7 nitrogen and oxygen atoms in total. The summed E-state index contributed by atoms with van der Waals surface area (Å²) >= 11 is 0. The lowest BCUT2D eigenvalue weighted by Gasteiger charge is -2.05. The van der Waals surface area contributed by atoms with Gasteiger partial charge in [0, 0.05) is 23.3 Å². The van der Waals surface area contributed by atoms with Crippen LogP contribution in [0.4, 0.5) is 5.69 Å². The lowest BCUT2D eigenvalue weighted by Crippen LogP contribution is -2.00. The number of hydrogen-bond donors (Lipinski definition) is 1. The average Bonchev–Trinajstić information content (AvgIpc) is 3.23. The molecule has 4 rings (SSSR count). The first-order valence-corrected chi connectivity index (χ1v) is 7.70. The van der Waals surface area contributed by atoms with Crippen molar-refractivity contribution in [2.24, 2.45) is 0 Å². The number of benzene rings is 1. The molecule has 1 aromatic carbocycles. The number of fused-ring (bicyclic) bond motifs is 1. The van der Waals surface area contributed by atoms with Gasteiger partial charge in [0.2, 0.25) is 5.78 Å². The molecule has 0 unspecified atom stereocenters. The zero-order chi connectivity index (χ0) is 16.5. The van der Waals surface area contributed by atoms with Gasteiger partial charge in [-0.2, -0.15) is 5.10 Å². The van der Waals surface area contributed by atoms with Crippen LogP contribution in [0.25, 0.3) is 11.5 Å². The van der Waals surface area contributed by atoms with Crippen molar-refractivity contribution in [1.82, 2.24) is 29.1 Å². The molecule has 0 saturated carbocycles. The molecule has 120 valence electrons. The minimum absolute atomic E-state index is 0.643. The summed E-state index contributed by atoms with van der Waals surface area (Å²) in [5.74, 6) is 0.742. The highest BCUT2D eigenvalue weighted by Gasteiger charge is 2.06. The fourth-order valence-electron chi connectivity index (χ4n) is 2.67. The zero-order valence-corrected chi connectivity index (χ0v) is 13.5. The Labute approximate surface area is 139 Å². The molecule has 0 spiro atoms. The van der Waals surface area contributed by atoms with E-state index in [0.717, 1.165) is 34.2 Å². The zero-order valence-electron chi connectivity index (χ0n) is 13.5. The van der Waals surface area contributed by atoms with Crippen molar-refractivity contribution in [2.45, 2.75) is 20.4 Å². The monoisotopic (exact) mass is 319 g/mol. The second-order valence-corrected chi connectivity index (χ2v) is 5.68. The second kappa shape index (κ2) is 5.77. The summed E-state index contributed by atoms with van der Waals surface area (Å²) in [7, 11) is 0. The molecule has 0 bridgehead atoms. The Morgan fingerprint density at radius 1 is 1.08 bits per heavy atom. The van der Waals surface area contributed by atoms with E-state index >= 15 is 0 Å². The molecule has 0 saturated heterocycles. The third kappa shape index (κ3) is 2.71. The summed E-state index contributed by atoms with van der Waals surface area (Å²) in [6, 6.07) is 10.1. The van der Waals surface area contributed by atoms with E-state index in [4.69, 9.17) is 0 Å². The van der Waals surface area contributed by atoms with E-state index in [2.05, 4.69) is 38.4 Å². The standard InChI is InChI=1S/C17H17N7/c1-12-7-13(2)23-9-15(22-17(23)21-12)8-19-14-3-5-16(6-4-14)24-11-18-10-20-24/h3-7,9-11,19H,8H2,1-2H3. The lowest BCUT2D eigenvalue weighted by atomic mass is 10.3. The molecule has 0 amide bonds. The van der Waals surface area contributed by atoms with Crippen LogP contribution in [0.2, 0.25) is 0 Å². The van der Waals surface area contributed by atoms with Crippen molar-refractivity contribution in [1.29, 1.82) is 0 Å². The number of anilines is 1. The number of nitrogens with one attached hydrogen (secondary N) is 1. The van der Waals surface area contributed by atoms with Crippen LogP contribution in [0.3, 0.4) is 0 Å². The Morgan fingerprint density at radius 3 is 2.67 bits per heavy atom. The summed E-state index contributed by atoms with van der Waals surface area (Å²) < 4.78 is 3.74. The van der Waals surface area contributed by atoms with Crippen molar-refractivity contribution in [3.05, 3.63) is 66.3 Å². The van der Waals surface area contributed by atoms with Gasteiger partial charge in [-0.25, -0.2) is 19.6 Å². The van der Waals surface area contributed by atoms with Gasteiger partial charge < -0.3 is 5.32 Å². The topological polar surface area (TPSA) is 72.9 Å². The fourth-order valence-corrected chi connectivity index (χ4v) is 2.67. The van der Waals surface area contributed by atoms with Crippen molar-refractivity contribution in [2.75, 3.05) is 5.32 Å². The van der Waals surface area contributed by atoms with E-state index < -0.39 is 0 Å². The highest BCUT2D eigenvalue weighted by Crippen LogP contribution is 2.14. The van der Waals surface area contributed by atoms with Crippen LogP contribution in [0, 0.1) is 13.8 Å². The quantitative estimate of drug-likeness (QED) is 0.626. The number of hydrogen-bond acceptors (Lipinski definition) is 5. The smallest absolute Gasteiger partial charge is 0.234 e. The molecule has 0 aliphatic carbocycles. The highest BCUT2D eigenvalue weighted by atomic mass is 15.3. The molecule has 1 N–H and O–H groups in total. The third-order valence-corrected chi connectivity index (χ3v) is 3.84. The highest BCUT2D eigenvalue weighted by molar-refractivity contribution is 5.48. The van der Waals surface area contributed by atoms with E-state index in [9.17, 15) is 0 Å². The molecule has 0 atom stereocenters. The van der Waals surface area contributed by atoms with Crippen molar-refractivity contribution in [3.63, 3.8) is 0 Å². The minimum Gasteiger partial charge on any atom is -0.379 e. The van der Waals surface area contributed by atoms with Gasteiger partial charge in [-0.3, -0.25) is 4.40 Å². The number of rotatable bonds is 4. The Bertz CT molecular complexity index is 968. The molecule has 3 aromatic heterocycles. The van der Waals surface area contributed by atoms with Gasteiger partial charge in [-0.15, -0.1) is 0 Å². The van der Waals surface area contributed by atoms with Gasteiger partial charge in [0.1, 0.15) is 12.7 Å². The molecule has 24 heavy (non-hydrogen) atoms. The predicted molar refractivity (Wildman–Crippen MR) is 91.1 cm³/mol. The molecule has 0 aliphatic rings. The van der Waals surface area contributed by atoms with E-state index in [0.29, 0.717) is 6.54 Å². The number of imidazole rings is 1. The fraction of sp³-hybridized carbons (Fsp3) is 0.176. The molecule has 0 radical (unpaired) electrons. The SMILES string of the molecule is Cc1cc(C)n2cc(CNc3ccc(-n4cncn4)cc3)nc2n1. The maximum Gasteiger partial charge on any atom is 0.234 e. The Kier molecular flexibility index (Phi) is 3.45. The van der Waals surface area contributed by atoms with Gasteiger partial charge in [-0.1, -0.05) is 0 Å². The second-order valence-electron chi connectivity index (χ2n) is 5.68. The van der Waals surface area contributed by atoms with Crippen LogP contribution in [0.15, 0.2) is 49.2 Å². The summed E-state index contributed by atoms with van der Waals surface area (Å²) in [6.07, 6.45) is 5.22. The first-order chi connectivity index (χ1) is 11.7. The van der Waals surface area contributed by atoms with Gasteiger partial charge in [0.25, 0.3) is 0 Å². The van der Waals surface area contributed by atoms with Crippen molar-refractivity contribution < 1.29 is 0 Å². The summed E-state index contributed by atoms with van der Waals surface area (Å²) in [4.78, 5) is 13.0. The van der Waals surface area contributed by atoms with Crippen molar-refractivity contribution >= 4 is 11.5 Å². The molecular weight excluding hydrogens is 302 g/mol. The van der Waals surface area contributed by atoms with E-state index in [1.807, 2.05) is 41.8 Å². The average molecular weight is 319 g/mol. The summed E-state index contributed by atoms with van der Waals surface area (Å²) in [5, 5.41) is 7.49. The molecule has 7 heteroatoms. The van der Waals surface area contributed by atoms with Crippen LogP contribution >= 0.6 is 0 Å². The van der Waals surface area contributed by atoms with Gasteiger partial charge in [-0.05, 0) is 44.2 Å². The number of nitrogens with zero attached hydrogens (tertiary/aromatic N) is 6. The van der Waals surface area contributed by atoms with Gasteiger partial charge >= 0.3 is 0 Å². The molecule has 0 fully saturated rings. The molecule has 3 heterocycles. The van der Waals surface area contributed by atoms with Crippen LogP contribution in [0.1, 0.15) is 17.1 Å². The lowest BCUT2D eigenvalue weighted by molar-refractivity contribution is 0.879. The maximum atomic E-state index is 4.57. The first kappa shape index (κ1) is 14.4. The Hall–Kier alpha value is -3.22.